The Balaban J connectivity index is 2.02. The van der Waals surface area contributed by atoms with E-state index < -0.39 is 7.82 Å². The van der Waals surface area contributed by atoms with Crippen LogP contribution in [0.3, 0.4) is 0 Å². The summed E-state index contributed by atoms with van der Waals surface area (Å²) in [6, 6.07) is 15.3. The van der Waals surface area contributed by atoms with Crippen LogP contribution in [0.5, 0.6) is 11.5 Å². The van der Waals surface area contributed by atoms with Gasteiger partial charge in [-0.15, -0.1) is 0 Å². The van der Waals surface area contributed by atoms with Crippen molar-refractivity contribution in [1.82, 2.24) is 0 Å². The third-order valence-corrected chi connectivity index (χ3v) is 5.54. The highest BCUT2D eigenvalue weighted by Crippen LogP contribution is 2.53. The van der Waals surface area contributed by atoms with Gasteiger partial charge >= 0.3 is 7.82 Å². The lowest BCUT2D eigenvalue weighted by Gasteiger charge is -2.13. The number of phosphoric ester groups is 1. The number of hydrogen-bond acceptors (Lipinski definition) is 3. The van der Waals surface area contributed by atoms with Gasteiger partial charge in [-0.3, -0.25) is 4.89 Å². The minimum absolute atomic E-state index is 0.371. The molecule has 0 amide bonds. The van der Waals surface area contributed by atoms with Gasteiger partial charge in [-0.25, -0.2) is 4.57 Å². The Morgan fingerprint density at radius 3 is 2.44 bits per heavy atom. The Labute approximate surface area is 144 Å². The van der Waals surface area contributed by atoms with Crippen molar-refractivity contribution in [2.45, 2.75) is 12.8 Å². The fourth-order valence-corrected chi connectivity index (χ4v) is 4.51. The highest BCUT2D eigenvalue weighted by molar-refractivity contribution is 7.48. The van der Waals surface area contributed by atoms with Crippen molar-refractivity contribution in [3.05, 3.63) is 59.0 Å². The third-order valence-electron chi connectivity index (χ3n) is 4.69. The molecule has 0 radical (unpaired) electrons. The summed E-state index contributed by atoms with van der Waals surface area (Å²) in [6.07, 6.45) is 6.27. The summed E-state index contributed by atoms with van der Waals surface area (Å²) >= 11 is 0. The molecule has 1 N–H and O–H groups in total. The van der Waals surface area contributed by atoms with Gasteiger partial charge in [-0.1, -0.05) is 48.6 Å². The highest BCUT2D eigenvalue weighted by atomic mass is 31.2. The molecule has 1 aliphatic carbocycles. The minimum Gasteiger partial charge on any atom is -0.395 e. The zero-order valence-corrected chi connectivity index (χ0v) is 14.2. The zero-order valence-electron chi connectivity index (χ0n) is 13.3. The second-order valence-corrected chi connectivity index (χ2v) is 7.54. The molecule has 0 spiro atoms. The molecule has 0 fully saturated rings. The molecule has 2 aliphatic rings. The van der Waals surface area contributed by atoms with Crippen molar-refractivity contribution in [3.63, 3.8) is 0 Å². The molecule has 124 valence electrons. The maximum atomic E-state index is 12.4. The van der Waals surface area contributed by atoms with Crippen LogP contribution in [0.4, 0.5) is 0 Å². The van der Waals surface area contributed by atoms with Gasteiger partial charge in [-0.05, 0) is 46.2 Å². The van der Waals surface area contributed by atoms with Crippen LogP contribution in [0.1, 0.15) is 12.8 Å². The molecule has 3 aromatic rings. The molecule has 1 aliphatic heterocycles. The monoisotopic (exact) mass is 350 g/mol. The summed E-state index contributed by atoms with van der Waals surface area (Å²) in [7, 11) is -4.23. The van der Waals surface area contributed by atoms with Crippen molar-refractivity contribution >= 4 is 30.7 Å². The predicted octanol–water partition coefficient (Wildman–Crippen LogP) is 3.73. The standard InChI is InChI=1S/C20H15O4P/c21-25(22)23-17-11-9-13-5-1-3-7-15(13)19(17)20-16-8-4-2-6-14(16)10-12-18(20)24-25/h1,3,5-12H,2,4H2,(H,21,22). The molecule has 25 heavy (non-hydrogen) atoms. The molecule has 5 rings (SSSR count). The second kappa shape index (κ2) is 5.22. The molecule has 4 nitrogen and oxygen atoms in total. The van der Waals surface area contributed by atoms with Crippen LogP contribution in [0.15, 0.2) is 48.5 Å². The van der Waals surface area contributed by atoms with Gasteiger partial charge in [0.25, 0.3) is 0 Å². The Morgan fingerprint density at radius 1 is 0.840 bits per heavy atom. The predicted molar refractivity (Wildman–Crippen MR) is 97.9 cm³/mol. The molecule has 1 unspecified atom stereocenters. The fraction of sp³-hybridized carbons (Fsp3) is 0.100. The quantitative estimate of drug-likeness (QED) is 0.628. The van der Waals surface area contributed by atoms with Crippen molar-refractivity contribution in [2.24, 2.45) is 0 Å². The average Bonchev–Trinajstić information content (AvgIpc) is 2.73. The molecule has 0 bridgehead atoms. The van der Waals surface area contributed by atoms with Crippen molar-refractivity contribution < 1.29 is 18.5 Å². The number of phosphoric acid groups is 1. The first-order valence-electron chi connectivity index (χ1n) is 8.20. The Kier molecular flexibility index (Phi) is 3.08. The lowest BCUT2D eigenvalue weighted by atomic mass is 9.92. The molecule has 0 aromatic heterocycles. The van der Waals surface area contributed by atoms with Crippen LogP contribution in [-0.2, 0) is 4.57 Å². The maximum Gasteiger partial charge on any atom is 0.584 e. The number of rotatable bonds is 0. The highest BCUT2D eigenvalue weighted by Gasteiger charge is 2.33. The Bertz CT molecular complexity index is 1200. The van der Waals surface area contributed by atoms with E-state index in [-0.39, 0.29) is 0 Å². The smallest absolute Gasteiger partial charge is 0.395 e. The third kappa shape index (κ3) is 2.30. The first-order valence-corrected chi connectivity index (χ1v) is 9.69. The van der Waals surface area contributed by atoms with Gasteiger partial charge < -0.3 is 9.05 Å². The molecule has 1 atom stereocenters. The largest absolute Gasteiger partial charge is 0.584 e. The molecule has 0 saturated carbocycles. The lowest BCUT2D eigenvalue weighted by molar-refractivity contribution is 0.294. The summed E-state index contributed by atoms with van der Waals surface area (Å²) < 4.78 is 23.2. The first-order chi connectivity index (χ1) is 12.1. The molecule has 3 aromatic carbocycles. The molecular weight excluding hydrogens is 335 g/mol. The minimum atomic E-state index is -4.23. The number of fused-ring (bicyclic) bond motifs is 7. The van der Waals surface area contributed by atoms with Crippen LogP contribution < -0.4 is 19.5 Å². The van der Waals surface area contributed by atoms with Gasteiger partial charge in [0.2, 0.25) is 0 Å². The van der Waals surface area contributed by atoms with Crippen LogP contribution in [-0.4, -0.2) is 4.89 Å². The van der Waals surface area contributed by atoms with E-state index in [2.05, 4.69) is 12.2 Å². The van der Waals surface area contributed by atoms with Crippen LogP contribution in [0, 0.1) is 0 Å². The summed E-state index contributed by atoms with van der Waals surface area (Å²) in [5.74, 6) is 0.752. The van der Waals surface area contributed by atoms with Crippen molar-refractivity contribution in [2.75, 3.05) is 0 Å². The van der Waals surface area contributed by atoms with E-state index in [4.69, 9.17) is 9.05 Å². The summed E-state index contributed by atoms with van der Waals surface area (Å²) in [6.45, 7) is 0. The SMILES string of the molecule is O=P1(O)Oc2ccc3c(c2-c2c(ccc4ccccc24)O1)=CCCC=3. The first kappa shape index (κ1) is 14.8. The lowest BCUT2D eigenvalue weighted by Crippen LogP contribution is -2.28. The Morgan fingerprint density at radius 2 is 1.56 bits per heavy atom. The fourth-order valence-electron chi connectivity index (χ4n) is 3.67. The van der Waals surface area contributed by atoms with Gasteiger partial charge in [0.05, 0.1) is 0 Å². The van der Waals surface area contributed by atoms with Crippen molar-refractivity contribution in [1.29, 1.82) is 0 Å². The van der Waals surface area contributed by atoms with Gasteiger partial charge in [0.1, 0.15) is 11.5 Å². The van der Waals surface area contributed by atoms with E-state index in [0.717, 1.165) is 45.2 Å². The maximum absolute atomic E-state index is 12.4. The second-order valence-electron chi connectivity index (χ2n) is 6.24. The summed E-state index contributed by atoms with van der Waals surface area (Å²) in [4.78, 5) is 10.1. The van der Waals surface area contributed by atoms with Gasteiger partial charge in [-0.2, -0.15) is 0 Å². The van der Waals surface area contributed by atoms with E-state index in [9.17, 15) is 9.46 Å². The van der Waals surface area contributed by atoms with Crippen LogP contribution >= 0.6 is 7.82 Å². The average molecular weight is 350 g/mol. The van der Waals surface area contributed by atoms with E-state index in [1.165, 1.54) is 0 Å². The summed E-state index contributed by atoms with van der Waals surface area (Å²) in [5.41, 5.74) is 1.63. The Hall–Kier alpha value is -2.55. The van der Waals surface area contributed by atoms with E-state index in [1.54, 1.807) is 12.1 Å². The summed E-state index contributed by atoms with van der Waals surface area (Å²) in [5, 5.41) is 4.16. The van der Waals surface area contributed by atoms with Gasteiger partial charge in [0, 0.05) is 11.1 Å². The molecule has 1 heterocycles. The topological polar surface area (TPSA) is 55.8 Å². The van der Waals surface area contributed by atoms with E-state index in [0.29, 0.717) is 11.5 Å². The van der Waals surface area contributed by atoms with E-state index >= 15 is 0 Å². The molecule has 5 heteroatoms. The molecular formula is C20H15O4P. The molecule has 0 saturated heterocycles. The van der Waals surface area contributed by atoms with Crippen LogP contribution in [0.25, 0.3) is 34.1 Å². The van der Waals surface area contributed by atoms with Gasteiger partial charge in [0.15, 0.2) is 0 Å². The van der Waals surface area contributed by atoms with Crippen LogP contribution in [0.2, 0.25) is 0 Å². The normalized spacial score (nSPS) is 20.7. The van der Waals surface area contributed by atoms with E-state index in [1.807, 2.05) is 36.4 Å². The van der Waals surface area contributed by atoms with Crippen molar-refractivity contribution in [3.8, 4) is 22.6 Å². The zero-order chi connectivity index (χ0) is 17.0. The number of hydrogen-bond donors (Lipinski definition) is 1. The number of benzene rings is 3.